The first-order valence-electron chi connectivity index (χ1n) is 5.26. The lowest BCUT2D eigenvalue weighted by molar-refractivity contribution is -0.133. The maximum Gasteiger partial charge on any atom is 0.225 e. The molecule has 1 saturated heterocycles. The molecule has 2 rings (SSSR count). The fourth-order valence-corrected chi connectivity index (χ4v) is 1.96. The van der Waals surface area contributed by atoms with Crippen LogP contribution in [-0.4, -0.2) is 37.0 Å². The van der Waals surface area contributed by atoms with Crippen LogP contribution in [0.15, 0.2) is 0 Å². The Labute approximate surface area is 79.5 Å². The number of rotatable bonds is 2. The van der Waals surface area contributed by atoms with Gasteiger partial charge in [0.25, 0.3) is 0 Å². The third-order valence-corrected chi connectivity index (χ3v) is 3.09. The van der Waals surface area contributed by atoms with Gasteiger partial charge in [-0.15, -0.1) is 0 Å². The van der Waals surface area contributed by atoms with E-state index in [2.05, 4.69) is 5.32 Å². The van der Waals surface area contributed by atoms with E-state index < -0.39 is 0 Å². The molecule has 2 aliphatic rings. The molecule has 0 aromatic carbocycles. The summed E-state index contributed by atoms with van der Waals surface area (Å²) >= 11 is 0. The molecule has 1 atom stereocenters. The van der Waals surface area contributed by atoms with Crippen molar-refractivity contribution in [1.29, 1.82) is 0 Å². The Morgan fingerprint density at radius 3 is 2.69 bits per heavy atom. The van der Waals surface area contributed by atoms with Gasteiger partial charge in [0, 0.05) is 25.6 Å². The molecule has 1 unspecified atom stereocenters. The van der Waals surface area contributed by atoms with Crippen LogP contribution in [0.3, 0.4) is 0 Å². The maximum absolute atomic E-state index is 11.7. The quantitative estimate of drug-likeness (QED) is 0.678. The second-order valence-corrected chi connectivity index (χ2v) is 4.22. The van der Waals surface area contributed by atoms with Gasteiger partial charge in [0.2, 0.25) is 5.91 Å². The molecule has 1 N–H and O–H groups in total. The number of likely N-dealkylation sites (N-methyl/N-ethyl adjacent to an activating group) is 1. The van der Waals surface area contributed by atoms with E-state index in [-0.39, 0.29) is 0 Å². The van der Waals surface area contributed by atoms with Crippen LogP contribution < -0.4 is 5.32 Å². The average Bonchev–Trinajstić information content (AvgIpc) is 3.00. The lowest BCUT2D eigenvalue weighted by atomic mass is 10.1. The Hall–Kier alpha value is -0.570. The van der Waals surface area contributed by atoms with Crippen LogP contribution in [0.4, 0.5) is 0 Å². The largest absolute Gasteiger partial charge is 0.341 e. The lowest BCUT2D eigenvalue weighted by Crippen LogP contribution is -2.47. The summed E-state index contributed by atoms with van der Waals surface area (Å²) in [5.41, 5.74) is 0. The molecule has 3 heteroatoms. The number of piperidine rings is 1. The lowest BCUT2D eigenvalue weighted by Gasteiger charge is -2.31. The third kappa shape index (κ3) is 2.02. The van der Waals surface area contributed by atoms with Crippen molar-refractivity contribution in [3.05, 3.63) is 0 Å². The molecule has 0 radical (unpaired) electrons. The summed E-state index contributed by atoms with van der Waals surface area (Å²) < 4.78 is 0. The fraction of sp³-hybridized carbons (Fsp3) is 0.900. The molecule has 0 aromatic rings. The zero-order valence-electron chi connectivity index (χ0n) is 8.25. The van der Waals surface area contributed by atoms with Crippen molar-refractivity contribution in [1.82, 2.24) is 10.2 Å². The molecule has 2 fully saturated rings. The van der Waals surface area contributed by atoms with Crippen molar-refractivity contribution in [3.63, 3.8) is 0 Å². The Bertz CT molecular complexity index is 195. The molecule has 1 aliphatic carbocycles. The van der Waals surface area contributed by atoms with Crippen molar-refractivity contribution in [2.24, 2.45) is 5.92 Å². The first-order valence-corrected chi connectivity index (χ1v) is 5.26. The number of carbonyl (C=O) groups is 1. The Balaban J connectivity index is 1.86. The van der Waals surface area contributed by atoms with Gasteiger partial charge in [0.1, 0.15) is 0 Å². The van der Waals surface area contributed by atoms with Crippen LogP contribution in [0.1, 0.15) is 25.7 Å². The van der Waals surface area contributed by atoms with Gasteiger partial charge in [0.15, 0.2) is 0 Å². The van der Waals surface area contributed by atoms with Crippen molar-refractivity contribution in [2.45, 2.75) is 31.7 Å². The van der Waals surface area contributed by atoms with Gasteiger partial charge >= 0.3 is 0 Å². The highest BCUT2D eigenvalue weighted by molar-refractivity contribution is 5.81. The minimum atomic E-state index is 0.368. The molecular formula is C10H18N2O. The van der Waals surface area contributed by atoms with E-state index in [0.717, 1.165) is 25.9 Å². The number of carbonyl (C=O) groups excluding carboxylic acids is 1. The van der Waals surface area contributed by atoms with Gasteiger partial charge in [-0.05, 0) is 32.2 Å². The molecule has 3 nitrogen and oxygen atoms in total. The standard InChI is InChI=1S/C10H18N2O/c1-12(10(13)8-4-5-8)9-3-2-6-11-7-9/h8-9,11H,2-7H2,1H3. The van der Waals surface area contributed by atoms with Gasteiger partial charge in [0.05, 0.1) is 0 Å². The number of nitrogens with zero attached hydrogens (tertiary/aromatic N) is 1. The SMILES string of the molecule is CN(C(=O)C1CC1)C1CCCNC1. The summed E-state index contributed by atoms with van der Waals surface area (Å²) in [5, 5.41) is 3.34. The molecule has 1 saturated carbocycles. The topological polar surface area (TPSA) is 32.3 Å². The molecule has 1 amide bonds. The van der Waals surface area contributed by atoms with Crippen LogP contribution in [0, 0.1) is 5.92 Å². The van der Waals surface area contributed by atoms with E-state index in [9.17, 15) is 4.79 Å². The Morgan fingerprint density at radius 1 is 1.38 bits per heavy atom. The molecule has 1 heterocycles. The van der Waals surface area contributed by atoms with E-state index in [0.29, 0.717) is 17.9 Å². The van der Waals surface area contributed by atoms with Crippen LogP contribution in [0.5, 0.6) is 0 Å². The summed E-state index contributed by atoms with van der Waals surface area (Å²) in [6, 6.07) is 0.446. The first-order chi connectivity index (χ1) is 6.29. The van der Waals surface area contributed by atoms with E-state index >= 15 is 0 Å². The predicted molar refractivity (Wildman–Crippen MR) is 51.4 cm³/mol. The van der Waals surface area contributed by atoms with Crippen molar-refractivity contribution in [3.8, 4) is 0 Å². The summed E-state index contributed by atoms with van der Waals surface area (Å²) in [6.07, 6.45) is 4.60. The molecule has 74 valence electrons. The zero-order valence-corrected chi connectivity index (χ0v) is 8.25. The highest BCUT2D eigenvalue weighted by Gasteiger charge is 2.34. The summed E-state index contributed by atoms with van der Waals surface area (Å²) in [5.74, 6) is 0.737. The summed E-state index contributed by atoms with van der Waals surface area (Å²) in [4.78, 5) is 13.7. The molecular weight excluding hydrogens is 164 g/mol. The minimum absolute atomic E-state index is 0.368. The van der Waals surface area contributed by atoms with E-state index in [1.165, 1.54) is 12.8 Å². The van der Waals surface area contributed by atoms with Crippen LogP contribution >= 0.6 is 0 Å². The number of amides is 1. The number of hydrogen-bond donors (Lipinski definition) is 1. The third-order valence-electron chi connectivity index (χ3n) is 3.09. The van der Waals surface area contributed by atoms with Crippen LogP contribution in [0.25, 0.3) is 0 Å². The smallest absolute Gasteiger partial charge is 0.225 e. The average molecular weight is 182 g/mol. The van der Waals surface area contributed by atoms with Crippen LogP contribution in [-0.2, 0) is 4.79 Å². The van der Waals surface area contributed by atoms with Gasteiger partial charge in [-0.2, -0.15) is 0 Å². The first kappa shape index (κ1) is 9.00. The molecule has 0 spiro atoms. The second-order valence-electron chi connectivity index (χ2n) is 4.22. The summed E-state index contributed by atoms with van der Waals surface area (Å²) in [7, 11) is 1.96. The highest BCUT2D eigenvalue weighted by atomic mass is 16.2. The number of hydrogen-bond acceptors (Lipinski definition) is 2. The zero-order chi connectivity index (χ0) is 9.26. The van der Waals surface area contributed by atoms with Gasteiger partial charge in [-0.1, -0.05) is 0 Å². The summed E-state index contributed by atoms with van der Waals surface area (Å²) in [6.45, 7) is 2.09. The van der Waals surface area contributed by atoms with E-state index in [4.69, 9.17) is 0 Å². The van der Waals surface area contributed by atoms with E-state index in [1.807, 2.05) is 11.9 Å². The number of nitrogens with one attached hydrogen (secondary N) is 1. The highest BCUT2D eigenvalue weighted by Crippen LogP contribution is 2.31. The Kier molecular flexibility index (Phi) is 2.54. The normalized spacial score (nSPS) is 28.5. The molecule has 13 heavy (non-hydrogen) atoms. The van der Waals surface area contributed by atoms with Crippen LogP contribution in [0.2, 0.25) is 0 Å². The van der Waals surface area contributed by atoms with Crippen molar-refractivity contribution >= 4 is 5.91 Å². The van der Waals surface area contributed by atoms with Gasteiger partial charge < -0.3 is 10.2 Å². The molecule has 0 aromatic heterocycles. The fourth-order valence-electron chi connectivity index (χ4n) is 1.96. The second kappa shape index (κ2) is 3.66. The minimum Gasteiger partial charge on any atom is -0.341 e. The van der Waals surface area contributed by atoms with Gasteiger partial charge in [-0.3, -0.25) is 4.79 Å². The van der Waals surface area contributed by atoms with E-state index in [1.54, 1.807) is 0 Å². The maximum atomic E-state index is 11.7. The molecule has 1 aliphatic heterocycles. The molecule has 0 bridgehead atoms. The van der Waals surface area contributed by atoms with Crippen molar-refractivity contribution < 1.29 is 4.79 Å². The predicted octanol–water partition coefficient (Wildman–Crippen LogP) is 0.607. The van der Waals surface area contributed by atoms with Crippen molar-refractivity contribution in [2.75, 3.05) is 20.1 Å². The monoisotopic (exact) mass is 182 g/mol. The Morgan fingerprint density at radius 2 is 2.15 bits per heavy atom. The van der Waals surface area contributed by atoms with Gasteiger partial charge in [-0.25, -0.2) is 0 Å².